The van der Waals surface area contributed by atoms with E-state index in [-0.39, 0.29) is 11.7 Å². The SMILES string of the molecule is Cc1ccc(C)c(NC(=O)[C@H](c2ccccc2)[NH+](C)Cc2ccccc2F)c1. The minimum Gasteiger partial charge on any atom is -0.320 e. The first-order valence-electron chi connectivity index (χ1n) is 9.44. The molecule has 144 valence electrons. The van der Waals surface area contributed by atoms with Crippen LogP contribution in [0.1, 0.15) is 28.3 Å². The van der Waals surface area contributed by atoms with Gasteiger partial charge in [0.25, 0.3) is 5.91 Å². The number of hydrogen-bond donors (Lipinski definition) is 2. The average Bonchev–Trinajstić information content (AvgIpc) is 2.67. The van der Waals surface area contributed by atoms with Gasteiger partial charge in [-0.05, 0) is 37.1 Å². The topological polar surface area (TPSA) is 33.5 Å². The molecule has 0 fully saturated rings. The molecule has 4 heteroatoms. The molecule has 3 aromatic rings. The average molecular weight is 377 g/mol. The maximum atomic E-state index is 14.1. The van der Waals surface area contributed by atoms with E-state index in [4.69, 9.17) is 0 Å². The predicted octanol–water partition coefficient (Wildman–Crippen LogP) is 3.84. The molecular weight excluding hydrogens is 351 g/mol. The second kappa shape index (κ2) is 8.81. The number of hydrogen-bond acceptors (Lipinski definition) is 1. The fourth-order valence-electron chi connectivity index (χ4n) is 3.42. The van der Waals surface area contributed by atoms with Crippen molar-refractivity contribution < 1.29 is 14.1 Å². The van der Waals surface area contributed by atoms with Gasteiger partial charge in [0.15, 0.2) is 6.04 Å². The van der Waals surface area contributed by atoms with Crippen LogP contribution in [0.25, 0.3) is 0 Å². The zero-order valence-electron chi connectivity index (χ0n) is 16.5. The smallest absolute Gasteiger partial charge is 0.287 e. The number of likely N-dealkylation sites (N-methyl/N-ethyl adjacent to an activating group) is 1. The first-order valence-corrected chi connectivity index (χ1v) is 9.44. The van der Waals surface area contributed by atoms with E-state index in [1.54, 1.807) is 12.1 Å². The lowest BCUT2D eigenvalue weighted by molar-refractivity contribution is -0.916. The predicted molar refractivity (Wildman–Crippen MR) is 111 cm³/mol. The van der Waals surface area contributed by atoms with Gasteiger partial charge < -0.3 is 10.2 Å². The molecule has 0 heterocycles. The van der Waals surface area contributed by atoms with Gasteiger partial charge in [0.1, 0.15) is 12.4 Å². The Morgan fingerprint density at radius 1 is 1.00 bits per heavy atom. The van der Waals surface area contributed by atoms with Crippen LogP contribution >= 0.6 is 0 Å². The van der Waals surface area contributed by atoms with Crippen molar-refractivity contribution >= 4 is 11.6 Å². The molecule has 28 heavy (non-hydrogen) atoms. The van der Waals surface area contributed by atoms with Crippen LogP contribution in [0.5, 0.6) is 0 Å². The molecule has 0 aliphatic rings. The summed E-state index contributed by atoms with van der Waals surface area (Å²) in [5.41, 5.74) is 4.41. The molecule has 0 aliphatic heterocycles. The molecule has 0 saturated heterocycles. The van der Waals surface area contributed by atoms with E-state index >= 15 is 0 Å². The van der Waals surface area contributed by atoms with E-state index in [9.17, 15) is 9.18 Å². The summed E-state index contributed by atoms with van der Waals surface area (Å²) in [6, 6.07) is 21.9. The molecule has 0 spiro atoms. The number of amides is 1. The highest BCUT2D eigenvalue weighted by atomic mass is 19.1. The van der Waals surface area contributed by atoms with Crippen LogP contribution in [0.2, 0.25) is 0 Å². The van der Waals surface area contributed by atoms with Crippen molar-refractivity contribution in [3.05, 3.63) is 101 Å². The number of rotatable bonds is 6. The Labute approximate surface area is 165 Å². The number of nitrogens with one attached hydrogen (secondary N) is 2. The largest absolute Gasteiger partial charge is 0.320 e. The van der Waals surface area contributed by atoms with Gasteiger partial charge in [-0.2, -0.15) is 0 Å². The molecule has 2 N–H and O–H groups in total. The lowest BCUT2D eigenvalue weighted by Gasteiger charge is -2.25. The number of halogens is 1. The highest BCUT2D eigenvalue weighted by Crippen LogP contribution is 2.19. The molecular formula is C24H26FN2O+. The number of aryl methyl sites for hydroxylation is 2. The lowest BCUT2D eigenvalue weighted by atomic mass is 10.0. The zero-order valence-corrected chi connectivity index (χ0v) is 16.5. The van der Waals surface area contributed by atoms with E-state index in [1.165, 1.54) is 6.07 Å². The van der Waals surface area contributed by atoms with Gasteiger partial charge in [0.05, 0.1) is 7.05 Å². The highest BCUT2D eigenvalue weighted by Gasteiger charge is 2.30. The number of carbonyl (C=O) groups excluding carboxylic acids is 1. The van der Waals surface area contributed by atoms with Crippen molar-refractivity contribution in [3.8, 4) is 0 Å². The zero-order chi connectivity index (χ0) is 20.1. The summed E-state index contributed by atoms with van der Waals surface area (Å²) < 4.78 is 14.1. The summed E-state index contributed by atoms with van der Waals surface area (Å²) in [6.45, 7) is 4.38. The van der Waals surface area contributed by atoms with Crippen molar-refractivity contribution in [3.63, 3.8) is 0 Å². The molecule has 1 amide bonds. The van der Waals surface area contributed by atoms with Crippen LogP contribution in [0.15, 0.2) is 72.8 Å². The first-order chi connectivity index (χ1) is 13.5. The molecule has 0 aliphatic carbocycles. The van der Waals surface area contributed by atoms with Gasteiger partial charge in [-0.15, -0.1) is 0 Å². The molecule has 3 aromatic carbocycles. The summed E-state index contributed by atoms with van der Waals surface area (Å²) in [6.07, 6.45) is 0. The maximum absolute atomic E-state index is 14.1. The molecule has 3 nitrogen and oxygen atoms in total. The van der Waals surface area contributed by atoms with Crippen molar-refractivity contribution in [2.75, 3.05) is 12.4 Å². The number of carbonyl (C=O) groups is 1. The molecule has 3 rings (SSSR count). The minimum absolute atomic E-state index is 0.103. The van der Waals surface area contributed by atoms with Gasteiger partial charge in [-0.3, -0.25) is 4.79 Å². The van der Waals surface area contributed by atoms with E-state index < -0.39 is 6.04 Å². The Balaban J connectivity index is 1.89. The number of anilines is 1. The van der Waals surface area contributed by atoms with Gasteiger partial charge in [0, 0.05) is 16.8 Å². The molecule has 2 atom stereocenters. The molecule has 0 radical (unpaired) electrons. The Bertz CT molecular complexity index is 956. The summed E-state index contributed by atoms with van der Waals surface area (Å²) in [4.78, 5) is 14.2. The van der Waals surface area contributed by atoms with Crippen LogP contribution in [0, 0.1) is 19.7 Å². The van der Waals surface area contributed by atoms with Crippen LogP contribution in [-0.4, -0.2) is 13.0 Å². The number of benzene rings is 3. The third-order valence-corrected chi connectivity index (χ3v) is 4.97. The van der Waals surface area contributed by atoms with Crippen LogP contribution in [-0.2, 0) is 11.3 Å². The van der Waals surface area contributed by atoms with E-state index in [2.05, 4.69) is 5.32 Å². The Morgan fingerprint density at radius 2 is 1.68 bits per heavy atom. The normalized spacial score (nSPS) is 13.0. The molecule has 0 aromatic heterocycles. The van der Waals surface area contributed by atoms with Crippen LogP contribution < -0.4 is 10.2 Å². The quantitative estimate of drug-likeness (QED) is 0.672. The summed E-state index contributed by atoms with van der Waals surface area (Å²) in [5, 5.41) is 3.08. The third-order valence-electron chi connectivity index (χ3n) is 4.97. The molecule has 0 saturated carbocycles. The van der Waals surface area contributed by atoms with E-state index in [0.717, 1.165) is 27.3 Å². The lowest BCUT2D eigenvalue weighted by Crippen LogP contribution is -3.09. The van der Waals surface area contributed by atoms with Gasteiger partial charge in [-0.1, -0.05) is 60.7 Å². The van der Waals surface area contributed by atoms with Gasteiger partial charge in [0.2, 0.25) is 0 Å². The van der Waals surface area contributed by atoms with Crippen molar-refractivity contribution in [1.29, 1.82) is 0 Å². The Kier molecular flexibility index (Phi) is 6.22. The van der Waals surface area contributed by atoms with Crippen molar-refractivity contribution in [2.24, 2.45) is 0 Å². The fraction of sp³-hybridized carbons (Fsp3) is 0.208. The summed E-state index contributed by atoms with van der Waals surface area (Å²) in [7, 11) is 1.92. The van der Waals surface area contributed by atoms with Crippen molar-refractivity contribution in [1.82, 2.24) is 0 Å². The van der Waals surface area contributed by atoms with Crippen LogP contribution in [0.4, 0.5) is 10.1 Å². The Morgan fingerprint density at radius 3 is 2.39 bits per heavy atom. The number of quaternary nitrogens is 1. The fourth-order valence-corrected chi connectivity index (χ4v) is 3.42. The molecule has 1 unspecified atom stereocenters. The van der Waals surface area contributed by atoms with E-state index in [1.807, 2.05) is 75.5 Å². The maximum Gasteiger partial charge on any atom is 0.287 e. The third kappa shape index (κ3) is 4.65. The Hall–Kier alpha value is -2.98. The molecule has 0 bridgehead atoms. The second-order valence-electron chi connectivity index (χ2n) is 7.27. The second-order valence-corrected chi connectivity index (χ2v) is 7.27. The summed E-state index contributed by atoms with van der Waals surface area (Å²) in [5.74, 6) is -0.350. The minimum atomic E-state index is -0.458. The standard InChI is InChI=1S/C24H25FN2O/c1-17-13-14-18(2)22(15-17)26-24(28)23(19-9-5-4-6-10-19)27(3)16-20-11-7-8-12-21(20)25/h4-15,23H,16H2,1-3H3,(H,26,28)/p+1/t23-/m0/s1. The first kappa shape index (κ1) is 19.8. The van der Waals surface area contributed by atoms with E-state index in [0.29, 0.717) is 12.1 Å². The summed E-state index contributed by atoms with van der Waals surface area (Å²) >= 11 is 0. The van der Waals surface area contributed by atoms with Gasteiger partial charge in [-0.25, -0.2) is 4.39 Å². The highest BCUT2D eigenvalue weighted by molar-refractivity contribution is 5.95. The van der Waals surface area contributed by atoms with Gasteiger partial charge >= 0.3 is 0 Å². The monoisotopic (exact) mass is 377 g/mol. The van der Waals surface area contributed by atoms with Crippen LogP contribution in [0.3, 0.4) is 0 Å². The van der Waals surface area contributed by atoms with Crippen molar-refractivity contribution in [2.45, 2.75) is 26.4 Å².